The van der Waals surface area contributed by atoms with Crippen LogP contribution in [0.2, 0.25) is 0 Å². The van der Waals surface area contributed by atoms with E-state index in [1.807, 2.05) is 0 Å². The number of unbranched alkanes of at least 4 members (excludes halogenated alkanes) is 3. The summed E-state index contributed by atoms with van der Waals surface area (Å²) in [5, 5.41) is 5.20. The summed E-state index contributed by atoms with van der Waals surface area (Å²) in [6.45, 7) is 0.869. The lowest BCUT2D eigenvalue weighted by atomic mass is 10.2. The molecule has 0 bridgehead atoms. The van der Waals surface area contributed by atoms with Gasteiger partial charge in [-0.25, -0.2) is 26.4 Å². The zero-order valence-electron chi connectivity index (χ0n) is 15.7. The summed E-state index contributed by atoms with van der Waals surface area (Å²) in [5.74, 6) is -0.0859. The summed E-state index contributed by atoms with van der Waals surface area (Å²) in [7, 11) is -6.14. The van der Waals surface area contributed by atoms with E-state index in [-0.39, 0.29) is 23.0 Å². The number of sulfone groups is 2. The lowest BCUT2D eigenvalue weighted by Crippen LogP contribution is -2.30. The van der Waals surface area contributed by atoms with Crippen molar-refractivity contribution in [1.29, 1.82) is 0 Å². The molecule has 0 aliphatic carbocycles. The highest BCUT2D eigenvalue weighted by molar-refractivity contribution is 7.91. The van der Waals surface area contributed by atoms with E-state index in [1.165, 1.54) is 0 Å². The molecule has 2 atom stereocenters. The van der Waals surface area contributed by atoms with E-state index in [9.17, 15) is 26.4 Å². The quantitative estimate of drug-likeness (QED) is 0.489. The molecular weight excluding hydrogens is 412 g/mol. The molecule has 12 heteroatoms. The molecule has 2 amide bonds. The average Bonchev–Trinajstić information content (AvgIpc) is 3.10. The van der Waals surface area contributed by atoms with Crippen molar-refractivity contribution >= 4 is 31.9 Å². The van der Waals surface area contributed by atoms with E-state index in [2.05, 4.69) is 10.6 Å². The molecule has 2 fully saturated rings. The van der Waals surface area contributed by atoms with Gasteiger partial charge in [0.15, 0.2) is 19.7 Å². The molecule has 0 spiro atoms. The molecule has 2 heterocycles. The molecule has 2 saturated heterocycles. The first kappa shape index (κ1) is 22.7. The van der Waals surface area contributed by atoms with E-state index >= 15 is 0 Å². The van der Waals surface area contributed by atoms with Crippen LogP contribution in [0.25, 0.3) is 0 Å². The number of nitrogens with one attached hydrogen (secondary N) is 2. The maximum absolute atomic E-state index is 11.6. The van der Waals surface area contributed by atoms with Gasteiger partial charge in [-0.1, -0.05) is 12.8 Å². The van der Waals surface area contributed by atoms with E-state index in [0.717, 1.165) is 25.7 Å². The molecule has 162 valence electrons. The van der Waals surface area contributed by atoms with Crippen molar-refractivity contribution in [3.63, 3.8) is 0 Å². The minimum atomic E-state index is -3.07. The van der Waals surface area contributed by atoms with Crippen LogP contribution >= 0.6 is 0 Å². The number of carbonyl (C=O) groups excluding carboxylic acids is 2. The van der Waals surface area contributed by atoms with Crippen LogP contribution in [0.3, 0.4) is 0 Å². The first-order chi connectivity index (χ1) is 13.2. The Morgan fingerprint density at radius 2 is 1.11 bits per heavy atom. The van der Waals surface area contributed by atoms with E-state index in [1.54, 1.807) is 0 Å². The molecule has 2 aliphatic heterocycles. The maximum Gasteiger partial charge on any atom is 0.407 e. The number of rotatable bonds is 9. The second kappa shape index (κ2) is 10.3. The van der Waals surface area contributed by atoms with Gasteiger partial charge in [-0.2, -0.15) is 0 Å². The fraction of sp³-hybridized carbons (Fsp3) is 0.875. The third-order valence-corrected chi connectivity index (χ3v) is 8.05. The molecule has 0 aromatic rings. The first-order valence-electron chi connectivity index (χ1n) is 9.45. The van der Waals surface area contributed by atoms with Crippen molar-refractivity contribution in [3.05, 3.63) is 0 Å². The van der Waals surface area contributed by atoms with Gasteiger partial charge in [-0.05, 0) is 25.7 Å². The van der Waals surface area contributed by atoms with Crippen LogP contribution in [0.15, 0.2) is 0 Å². The Bertz CT molecular complexity index is 687. The molecule has 0 aromatic heterocycles. The van der Waals surface area contributed by atoms with Gasteiger partial charge in [0.2, 0.25) is 0 Å². The fourth-order valence-corrected chi connectivity index (χ4v) is 6.26. The Hall–Kier alpha value is -1.56. The van der Waals surface area contributed by atoms with Crippen LogP contribution in [-0.2, 0) is 29.1 Å². The van der Waals surface area contributed by atoms with Crippen molar-refractivity contribution < 1.29 is 35.9 Å². The smallest absolute Gasteiger partial charge is 0.407 e. The van der Waals surface area contributed by atoms with Crippen molar-refractivity contribution in [1.82, 2.24) is 10.6 Å². The first-order valence-corrected chi connectivity index (χ1v) is 13.1. The van der Waals surface area contributed by atoms with E-state index < -0.39 is 44.1 Å². The van der Waals surface area contributed by atoms with Crippen molar-refractivity contribution in [2.24, 2.45) is 0 Å². The number of alkyl carbamates (subject to hydrolysis) is 2. The second-order valence-corrected chi connectivity index (χ2v) is 11.6. The highest BCUT2D eigenvalue weighted by Gasteiger charge is 2.31. The number of ether oxygens (including phenoxy) is 2. The highest BCUT2D eigenvalue weighted by Crippen LogP contribution is 2.15. The molecule has 2 N–H and O–H groups in total. The van der Waals surface area contributed by atoms with Gasteiger partial charge in [0.25, 0.3) is 0 Å². The van der Waals surface area contributed by atoms with Crippen LogP contribution in [0.4, 0.5) is 9.59 Å². The Morgan fingerprint density at radius 1 is 0.714 bits per heavy atom. The van der Waals surface area contributed by atoms with Crippen molar-refractivity contribution in [2.45, 2.75) is 50.7 Å². The lowest BCUT2D eigenvalue weighted by molar-refractivity contribution is 0.109. The highest BCUT2D eigenvalue weighted by atomic mass is 32.2. The normalized spacial score (nSPS) is 25.1. The molecule has 28 heavy (non-hydrogen) atoms. The summed E-state index contributed by atoms with van der Waals surface area (Å²) in [6.07, 6.45) is 1.56. The molecule has 10 nitrogen and oxygen atoms in total. The van der Waals surface area contributed by atoms with Gasteiger partial charge >= 0.3 is 12.2 Å². The van der Waals surface area contributed by atoms with Crippen LogP contribution in [0, 0.1) is 0 Å². The van der Waals surface area contributed by atoms with Gasteiger partial charge in [0.05, 0.1) is 23.0 Å². The minimum Gasteiger partial charge on any atom is -0.445 e. The fourth-order valence-electron chi connectivity index (χ4n) is 3.08. The average molecular weight is 441 g/mol. The van der Waals surface area contributed by atoms with Gasteiger partial charge in [0.1, 0.15) is 12.2 Å². The molecular formula is C16H28N2O8S2. The Kier molecular flexibility index (Phi) is 8.35. The molecule has 2 unspecified atom stereocenters. The summed E-state index contributed by atoms with van der Waals surface area (Å²) < 4.78 is 55.3. The lowest BCUT2D eigenvalue weighted by Gasteiger charge is -2.12. The SMILES string of the molecule is O=C(NCCCCCCNC(=O)OC1CCS(=O)(=O)C1)OC1CCS(=O)(=O)C1. The number of amides is 2. The van der Waals surface area contributed by atoms with Gasteiger partial charge in [-0.15, -0.1) is 0 Å². The summed E-state index contributed by atoms with van der Waals surface area (Å²) in [4.78, 5) is 23.2. The number of carbonyl (C=O) groups is 2. The molecule has 0 radical (unpaired) electrons. The van der Waals surface area contributed by atoms with Gasteiger partial charge < -0.3 is 20.1 Å². The molecule has 2 rings (SSSR count). The van der Waals surface area contributed by atoms with Crippen molar-refractivity contribution in [3.8, 4) is 0 Å². The summed E-state index contributed by atoms with van der Waals surface area (Å²) in [6, 6.07) is 0. The van der Waals surface area contributed by atoms with E-state index in [0.29, 0.717) is 25.9 Å². The van der Waals surface area contributed by atoms with Crippen LogP contribution < -0.4 is 10.6 Å². The van der Waals surface area contributed by atoms with E-state index in [4.69, 9.17) is 9.47 Å². The topological polar surface area (TPSA) is 145 Å². The Morgan fingerprint density at radius 3 is 1.43 bits per heavy atom. The summed E-state index contributed by atoms with van der Waals surface area (Å²) >= 11 is 0. The predicted octanol–water partition coefficient (Wildman–Crippen LogP) is 0.373. The predicted molar refractivity (Wildman–Crippen MR) is 102 cm³/mol. The molecule has 0 saturated carbocycles. The zero-order valence-corrected chi connectivity index (χ0v) is 17.4. The van der Waals surface area contributed by atoms with Gasteiger partial charge in [0, 0.05) is 13.1 Å². The molecule has 0 aromatic carbocycles. The number of hydrogen-bond acceptors (Lipinski definition) is 8. The zero-order chi connectivity index (χ0) is 20.6. The standard InChI is InChI=1S/C16H28N2O8S2/c19-15(25-13-5-9-27(21,22)11-13)17-7-3-1-2-4-8-18-16(20)26-14-6-10-28(23,24)12-14/h13-14H,1-12H2,(H,17,19)(H,18,20). The Labute approximate surface area is 165 Å². The maximum atomic E-state index is 11.6. The molecule has 2 aliphatic rings. The van der Waals surface area contributed by atoms with Gasteiger partial charge in [-0.3, -0.25) is 0 Å². The third-order valence-electron chi connectivity index (χ3n) is 4.57. The van der Waals surface area contributed by atoms with Crippen LogP contribution in [0.5, 0.6) is 0 Å². The summed E-state index contributed by atoms with van der Waals surface area (Å²) in [5.41, 5.74) is 0. The second-order valence-electron chi connectivity index (χ2n) is 7.13. The minimum absolute atomic E-state index is 0.0618. The van der Waals surface area contributed by atoms with Crippen LogP contribution in [0.1, 0.15) is 38.5 Å². The Balaban J connectivity index is 1.41. The third kappa shape index (κ3) is 8.63. The monoisotopic (exact) mass is 440 g/mol. The largest absolute Gasteiger partial charge is 0.445 e. The van der Waals surface area contributed by atoms with Crippen LogP contribution in [-0.4, -0.2) is 77.3 Å². The number of hydrogen-bond donors (Lipinski definition) is 2. The van der Waals surface area contributed by atoms with Crippen molar-refractivity contribution in [2.75, 3.05) is 36.1 Å².